The molecule has 1 unspecified atom stereocenters. The second kappa shape index (κ2) is 7.13. The molecule has 1 aliphatic rings. The maximum Gasteiger partial charge on any atom is 0.313 e. The van der Waals surface area contributed by atoms with E-state index >= 15 is 0 Å². The van der Waals surface area contributed by atoms with Crippen molar-refractivity contribution < 1.29 is 14.7 Å². The van der Waals surface area contributed by atoms with Crippen molar-refractivity contribution in [3.05, 3.63) is 21.4 Å². The Labute approximate surface area is 127 Å². The summed E-state index contributed by atoms with van der Waals surface area (Å²) >= 11 is 2.92. The molecule has 6 heteroatoms. The van der Waals surface area contributed by atoms with Gasteiger partial charge in [0.15, 0.2) is 0 Å². The van der Waals surface area contributed by atoms with Gasteiger partial charge in [0.25, 0.3) is 5.91 Å². The number of thiophene rings is 1. The molecule has 1 aromatic rings. The summed E-state index contributed by atoms with van der Waals surface area (Å²) in [4.78, 5) is 24.5. The van der Waals surface area contributed by atoms with Crippen LogP contribution in [0.3, 0.4) is 0 Å². The number of aryl methyl sites for hydroxylation is 1. The van der Waals surface area contributed by atoms with E-state index in [1.165, 1.54) is 28.6 Å². The predicted molar refractivity (Wildman–Crippen MR) is 82.8 cm³/mol. The van der Waals surface area contributed by atoms with E-state index in [-0.39, 0.29) is 11.7 Å². The number of thioether (sulfide) groups is 1. The highest BCUT2D eigenvalue weighted by Gasteiger charge is 2.20. The Balaban J connectivity index is 1.80. The van der Waals surface area contributed by atoms with Gasteiger partial charge in [-0.3, -0.25) is 9.59 Å². The quantitative estimate of drug-likeness (QED) is 0.792. The molecular formula is C14H19NO3S2. The number of hydrogen-bond acceptors (Lipinski definition) is 4. The Morgan fingerprint density at radius 3 is 3.10 bits per heavy atom. The summed E-state index contributed by atoms with van der Waals surface area (Å²) in [6.07, 6.45) is 3.37. The van der Waals surface area contributed by atoms with Gasteiger partial charge in [0.1, 0.15) is 0 Å². The Morgan fingerprint density at radius 1 is 1.55 bits per heavy atom. The maximum atomic E-state index is 12.0. The number of hydrogen-bond donors (Lipinski definition) is 2. The van der Waals surface area contributed by atoms with Crippen LogP contribution in [0.15, 0.2) is 6.07 Å². The van der Waals surface area contributed by atoms with Crippen molar-refractivity contribution in [2.45, 2.75) is 26.2 Å². The third-order valence-corrected chi connectivity index (χ3v) is 5.49. The van der Waals surface area contributed by atoms with Crippen molar-refractivity contribution in [2.24, 2.45) is 5.92 Å². The highest BCUT2D eigenvalue weighted by Crippen LogP contribution is 2.32. The standard InChI is InChI=1S/C14H19NO3S2/c1-9-2-3-11-10(6-9)7-12(20-11)14(18)15-4-5-19-8-13(16)17/h7,9H,2-6,8H2,1H3,(H,15,18)(H,16,17). The van der Waals surface area contributed by atoms with Gasteiger partial charge >= 0.3 is 5.97 Å². The fraction of sp³-hybridized carbons (Fsp3) is 0.571. The van der Waals surface area contributed by atoms with Gasteiger partial charge in [0.2, 0.25) is 0 Å². The molecule has 0 bridgehead atoms. The number of carbonyl (C=O) groups excluding carboxylic acids is 1. The van der Waals surface area contributed by atoms with E-state index in [9.17, 15) is 9.59 Å². The number of nitrogens with one attached hydrogen (secondary N) is 1. The first-order valence-corrected chi connectivity index (χ1v) is 8.72. The highest BCUT2D eigenvalue weighted by molar-refractivity contribution is 7.99. The number of rotatable bonds is 6. The van der Waals surface area contributed by atoms with Crippen LogP contribution in [0.2, 0.25) is 0 Å². The third-order valence-electron chi connectivity index (χ3n) is 3.31. The first-order chi connectivity index (χ1) is 9.56. The molecule has 1 heterocycles. The molecule has 4 nitrogen and oxygen atoms in total. The topological polar surface area (TPSA) is 66.4 Å². The normalized spacial score (nSPS) is 17.6. The summed E-state index contributed by atoms with van der Waals surface area (Å²) in [6, 6.07) is 2.02. The maximum absolute atomic E-state index is 12.0. The second-order valence-corrected chi connectivity index (χ2v) is 7.35. The Kier molecular flexibility index (Phi) is 5.48. The Hall–Kier alpha value is -1.01. The van der Waals surface area contributed by atoms with Crippen molar-refractivity contribution in [2.75, 3.05) is 18.1 Å². The fourth-order valence-corrected chi connectivity index (χ4v) is 3.99. The van der Waals surface area contributed by atoms with Crippen LogP contribution in [-0.2, 0) is 17.6 Å². The minimum absolute atomic E-state index is 0.0343. The first kappa shape index (κ1) is 15.4. The van der Waals surface area contributed by atoms with E-state index in [1.807, 2.05) is 6.07 Å². The largest absolute Gasteiger partial charge is 0.481 e. The summed E-state index contributed by atoms with van der Waals surface area (Å²) in [5.74, 6) is 0.566. The lowest BCUT2D eigenvalue weighted by molar-refractivity contribution is -0.133. The van der Waals surface area contributed by atoms with E-state index in [0.29, 0.717) is 18.2 Å². The SMILES string of the molecule is CC1CCc2sc(C(=O)NCCSCC(=O)O)cc2C1. The highest BCUT2D eigenvalue weighted by atomic mass is 32.2. The van der Waals surface area contributed by atoms with E-state index in [2.05, 4.69) is 12.2 Å². The molecule has 0 aliphatic heterocycles. The lowest BCUT2D eigenvalue weighted by atomic mass is 9.90. The van der Waals surface area contributed by atoms with Crippen LogP contribution >= 0.6 is 23.1 Å². The number of carboxylic acids is 1. The van der Waals surface area contributed by atoms with Gasteiger partial charge in [0, 0.05) is 17.2 Å². The molecule has 0 saturated carbocycles. The van der Waals surface area contributed by atoms with Crippen LogP contribution in [-0.4, -0.2) is 35.0 Å². The Morgan fingerprint density at radius 2 is 2.35 bits per heavy atom. The van der Waals surface area contributed by atoms with Crippen LogP contribution in [0.4, 0.5) is 0 Å². The average molecular weight is 313 g/mol. The molecule has 0 radical (unpaired) electrons. The molecule has 20 heavy (non-hydrogen) atoms. The van der Waals surface area contributed by atoms with Gasteiger partial charge in [-0.1, -0.05) is 6.92 Å². The average Bonchev–Trinajstić information content (AvgIpc) is 2.80. The summed E-state index contributed by atoms with van der Waals surface area (Å²) < 4.78 is 0. The zero-order valence-corrected chi connectivity index (χ0v) is 13.1. The molecule has 0 spiro atoms. The molecule has 2 rings (SSSR count). The fourth-order valence-electron chi connectivity index (χ4n) is 2.30. The monoisotopic (exact) mass is 313 g/mol. The number of amides is 1. The van der Waals surface area contributed by atoms with Crippen molar-refractivity contribution in [3.63, 3.8) is 0 Å². The van der Waals surface area contributed by atoms with Crippen LogP contribution in [0.5, 0.6) is 0 Å². The molecule has 0 saturated heterocycles. The van der Waals surface area contributed by atoms with Crippen LogP contribution < -0.4 is 5.32 Å². The Bertz CT molecular complexity index is 499. The van der Waals surface area contributed by atoms with Crippen molar-refractivity contribution >= 4 is 35.0 Å². The van der Waals surface area contributed by atoms with Crippen molar-refractivity contribution in [3.8, 4) is 0 Å². The van der Waals surface area contributed by atoms with E-state index in [1.54, 1.807) is 11.3 Å². The van der Waals surface area contributed by atoms with Crippen LogP contribution in [0.25, 0.3) is 0 Å². The minimum atomic E-state index is -0.818. The van der Waals surface area contributed by atoms with Gasteiger partial charge < -0.3 is 10.4 Å². The summed E-state index contributed by atoms with van der Waals surface area (Å²) in [5.41, 5.74) is 1.33. The zero-order chi connectivity index (χ0) is 14.5. The summed E-state index contributed by atoms with van der Waals surface area (Å²) in [5, 5.41) is 11.4. The molecule has 0 aromatic carbocycles. The summed E-state index contributed by atoms with van der Waals surface area (Å²) in [7, 11) is 0. The van der Waals surface area contributed by atoms with E-state index < -0.39 is 5.97 Å². The minimum Gasteiger partial charge on any atom is -0.481 e. The molecular weight excluding hydrogens is 294 g/mol. The molecule has 1 aromatic heterocycles. The molecule has 2 N–H and O–H groups in total. The molecule has 1 aliphatic carbocycles. The van der Waals surface area contributed by atoms with Gasteiger partial charge in [0.05, 0.1) is 10.6 Å². The molecule has 110 valence electrons. The lowest BCUT2D eigenvalue weighted by Crippen LogP contribution is -2.25. The number of aliphatic carboxylic acids is 1. The van der Waals surface area contributed by atoms with Crippen molar-refractivity contribution in [1.29, 1.82) is 0 Å². The lowest BCUT2D eigenvalue weighted by Gasteiger charge is -2.16. The first-order valence-electron chi connectivity index (χ1n) is 6.75. The predicted octanol–water partition coefficient (Wildman–Crippen LogP) is 2.42. The number of carboxylic acid groups (broad SMARTS) is 1. The molecule has 1 amide bonds. The van der Waals surface area contributed by atoms with Gasteiger partial charge in [-0.2, -0.15) is 0 Å². The van der Waals surface area contributed by atoms with Crippen LogP contribution in [0, 0.1) is 5.92 Å². The van der Waals surface area contributed by atoms with Crippen molar-refractivity contribution in [1.82, 2.24) is 5.32 Å². The van der Waals surface area contributed by atoms with E-state index in [4.69, 9.17) is 5.11 Å². The molecule has 1 atom stereocenters. The third kappa shape index (κ3) is 4.24. The van der Waals surface area contributed by atoms with E-state index in [0.717, 1.165) is 17.7 Å². The summed E-state index contributed by atoms with van der Waals surface area (Å²) in [6.45, 7) is 2.76. The second-order valence-electron chi connectivity index (χ2n) is 5.11. The molecule has 0 fully saturated rings. The number of carbonyl (C=O) groups is 2. The van der Waals surface area contributed by atoms with Gasteiger partial charge in [-0.15, -0.1) is 23.1 Å². The van der Waals surface area contributed by atoms with Gasteiger partial charge in [-0.05, 0) is 36.8 Å². The smallest absolute Gasteiger partial charge is 0.313 e. The number of fused-ring (bicyclic) bond motifs is 1. The zero-order valence-electron chi connectivity index (χ0n) is 11.5. The van der Waals surface area contributed by atoms with Gasteiger partial charge in [-0.25, -0.2) is 0 Å². The van der Waals surface area contributed by atoms with Crippen LogP contribution in [0.1, 0.15) is 33.5 Å².